The molecular formula is C13H20ClN3O2. The van der Waals surface area contributed by atoms with E-state index in [-0.39, 0.29) is 5.84 Å². The lowest BCUT2D eigenvalue weighted by molar-refractivity contribution is 0.154. The second-order valence-electron chi connectivity index (χ2n) is 3.93. The molecular weight excluding hydrogens is 266 g/mol. The number of halogens is 1. The highest BCUT2D eigenvalue weighted by Gasteiger charge is 2.10. The molecule has 0 saturated heterocycles. The summed E-state index contributed by atoms with van der Waals surface area (Å²) in [6.07, 6.45) is 0. The van der Waals surface area contributed by atoms with E-state index in [9.17, 15) is 0 Å². The summed E-state index contributed by atoms with van der Waals surface area (Å²) in [7, 11) is 0. The standard InChI is InChI=1S/C13H20ClN3O2/c1-3-17(7-8-19-4-2)12-6-5-10(9-11(12)14)13(15)16-18/h5-6,9,18H,3-4,7-8H2,1-2H3,(H2,15,16). The molecule has 5 nitrogen and oxygen atoms in total. The first-order chi connectivity index (χ1) is 9.13. The Morgan fingerprint density at radius 2 is 2.21 bits per heavy atom. The summed E-state index contributed by atoms with van der Waals surface area (Å²) in [4.78, 5) is 2.12. The lowest BCUT2D eigenvalue weighted by Crippen LogP contribution is -2.27. The highest BCUT2D eigenvalue weighted by atomic mass is 35.5. The number of nitrogens with two attached hydrogens (primary N) is 1. The van der Waals surface area contributed by atoms with Crippen LogP contribution < -0.4 is 10.6 Å². The van der Waals surface area contributed by atoms with Crippen LogP contribution in [0.4, 0.5) is 5.69 Å². The maximum absolute atomic E-state index is 8.64. The first kappa shape index (κ1) is 15.6. The van der Waals surface area contributed by atoms with Gasteiger partial charge in [-0.2, -0.15) is 0 Å². The van der Waals surface area contributed by atoms with Gasteiger partial charge in [0, 0.05) is 25.3 Å². The number of hydrogen-bond acceptors (Lipinski definition) is 4. The number of hydrogen-bond donors (Lipinski definition) is 2. The largest absolute Gasteiger partial charge is 0.409 e. The molecule has 0 bridgehead atoms. The number of nitrogens with zero attached hydrogens (tertiary/aromatic N) is 2. The molecule has 106 valence electrons. The summed E-state index contributed by atoms with van der Waals surface area (Å²) in [6, 6.07) is 5.33. The van der Waals surface area contributed by atoms with Gasteiger partial charge in [0.05, 0.1) is 17.3 Å². The molecule has 6 heteroatoms. The second-order valence-corrected chi connectivity index (χ2v) is 4.34. The van der Waals surface area contributed by atoms with Crippen LogP contribution in [-0.4, -0.2) is 37.3 Å². The van der Waals surface area contributed by atoms with E-state index >= 15 is 0 Å². The van der Waals surface area contributed by atoms with E-state index in [1.54, 1.807) is 12.1 Å². The maximum atomic E-state index is 8.64. The van der Waals surface area contributed by atoms with Gasteiger partial charge >= 0.3 is 0 Å². The van der Waals surface area contributed by atoms with Crippen molar-refractivity contribution in [1.82, 2.24) is 0 Å². The second kappa shape index (κ2) is 7.86. The lowest BCUT2D eigenvalue weighted by Gasteiger charge is -2.24. The predicted molar refractivity (Wildman–Crippen MR) is 78.3 cm³/mol. The van der Waals surface area contributed by atoms with Crippen molar-refractivity contribution in [2.24, 2.45) is 10.9 Å². The summed E-state index contributed by atoms with van der Waals surface area (Å²) < 4.78 is 5.35. The smallest absolute Gasteiger partial charge is 0.170 e. The monoisotopic (exact) mass is 285 g/mol. The molecule has 0 aliphatic heterocycles. The summed E-state index contributed by atoms with van der Waals surface area (Å²) >= 11 is 6.24. The van der Waals surface area contributed by atoms with Crippen LogP contribution in [-0.2, 0) is 4.74 Å². The summed E-state index contributed by atoms with van der Waals surface area (Å²) in [6.45, 7) is 6.98. The number of amidine groups is 1. The minimum Gasteiger partial charge on any atom is -0.409 e. The van der Waals surface area contributed by atoms with E-state index in [1.165, 1.54) is 0 Å². The van der Waals surface area contributed by atoms with Gasteiger partial charge in [-0.25, -0.2) is 0 Å². The molecule has 3 N–H and O–H groups in total. The van der Waals surface area contributed by atoms with E-state index in [0.717, 1.165) is 18.8 Å². The average molecular weight is 286 g/mol. The Balaban J connectivity index is 2.87. The van der Waals surface area contributed by atoms with Gasteiger partial charge in [-0.1, -0.05) is 16.8 Å². The lowest BCUT2D eigenvalue weighted by atomic mass is 10.2. The molecule has 0 radical (unpaired) electrons. The fraction of sp³-hybridized carbons (Fsp3) is 0.462. The average Bonchev–Trinajstić information content (AvgIpc) is 2.43. The first-order valence-electron chi connectivity index (χ1n) is 6.24. The van der Waals surface area contributed by atoms with E-state index < -0.39 is 0 Å². The Morgan fingerprint density at radius 1 is 1.47 bits per heavy atom. The van der Waals surface area contributed by atoms with Crippen LogP contribution in [0.1, 0.15) is 19.4 Å². The zero-order chi connectivity index (χ0) is 14.3. The van der Waals surface area contributed by atoms with Crippen molar-refractivity contribution in [1.29, 1.82) is 0 Å². The molecule has 0 spiro atoms. The molecule has 0 aromatic heterocycles. The van der Waals surface area contributed by atoms with Crippen LogP contribution >= 0.6 is 11.6 Å². The minimum atomic E-state index is 0.0471. The molecule has 0 aliphatic rings. The molecule has 1 aromatic carbocycles. The third-order valence-corrected chi connectivity index (χ3v) is 3.09. The predicted octanol–water partition coefficient (Wildman–Crippen LogP) is 2.30. The van der Waals surface area contributed by atoms with Crippen LogP contribution in [0, 0.1) is 0 Å². The Bertz CT molecular complexity index is 438. The number of anilines is 1. The number of ether oxygens (including phenoxy) is 1. The summed E-state index contributed by atoms with van der Waals surface area (Å²) in [5.74, 6) is 0.0471. The molecule has 1 rings (SSSR count). The Labute approximate surface area is 118 Å². The SMILES string of the molecule is CCOCCN(CC)c1ccc(C(N)=NO)cc1Cl. The topological polar surface area (TPSA) is 71.1 Å². The molecule has 0 unspecified atom stereocenters. The fourth-order valence-corrected chi connectivity index (χ4v) is 2.05. The third-order valence-electron chi connectivity index (χ3n) is 2.78. The van der Waals surface area contributed by atoms with E-state index in [0.29, 0.717) is 23.8 Å². The Morgan fingerprint density at radius 3 is 2.74 bits per heavy atom. The van der Waals surface area contributed by atoms with Gasteiger partial charge in [0.1, 0.15) is 0 Å². The molecule has 0 saturated carbocycles. The summed E-state index contributed by atoms with van der Waals surface area (Å²) in [5.41, 5.74) is 7.04. The van der Waals surface area contributed by atoms with Crippen molar-refractivity contribution in [2.75, 3.05) is 31.2 Å². The van der Waals surface area contributed by atoms with Crippen LogP contribution in [0.5, 0.6) is 0 Å². The van der Waals surface area contributed by atoms with Gasteiger partial charge in [0.2, 0.25) is 0 Å². The first-order valence-corrected chi connectivity index (χ1v) is 6.61. The van der Waals surface area contributed by atoms with Crippen LogP contribution in [0.2, 0.25) is 5.02 Å². The molecule has 1 aromatic rings. The molecule has 0 aliphatic carbocycles. The van der Waals surface area contributed by atoms with Crippen molar-refractivity contribution in [3.8, 4) is 0 Å². The van der Waals surface area contributed by atoms with Gasteiger partial charge in [-0.05, 0) is 32.0 Å². The zero-order valence-corrected chi connectivity index (χ0v) is 12.0. The fourth-order valence-electron chi connectivity index (χ4n) is 1.75. The van der Waals surface area contributed by atoms with Gasteiger partial charge in [-0.3, -0.25) is 0 Å². The molecule has 0 heterocycles. The molecule has 19 heavy (non-hydrogen) atoms. The van der Waals surface area contributed by atoms with Gasteiger partial charge in [-0.15, -0.1) is 0 Å². The molecule has 0 fully saturated rings. The number of likely N-dealkylation sites (N-methyl/N-ethyl adjacent to an activating group) is 1. The van der Waals surface area contributed by atoms with Crippen molar-refractivity contribution in [2.45, 2.75) is 13.8 Å². The maximum Gasteiger partial charge on any atom is 0.170 e. The van der Waals surface area contributed by atoms with Gasteiger partial charge in [0.15, 0.2) is 5.84 Å². The van der Waals surface area contributed by atoms with E-state index in [4.69, 9.17) is 27.3 Å². The minimum absolute atomic E-state index is 0.0471. The van der Waals surface area contributed by atoms with E-state index in [2.05, 4.69) is 17.0 Å². The van der Waals surface area contributed by atoms with Crippen molar-refractivity contribution in [3.63, 3.8) is 0 Å². The van der Waals surface area contributed by atoms with E-state index in [1.807, 2.05) is 13.0 Å². The Hall–Kier alpha value is -1.46. The van der Waals surface area contributed by atoms with Crippen LogP contribution in [0.15, 0.2) is 23.4 Å². The van der Waals surface area contributed by atoms with Crippen LogP contribution in [0.25, 0.3) is 0 Å². The highest BCUT2D eigenvalue weighted by molar-refractivity contribution is 6.33. The Kier molecular flexibility index (Phi) is 6.45. The van der Waals surface area contributed by atoms with Crippen molar-refractivity contribution in [3.05, 3.63) is 28.8 Å². The normalized spacial score (nSPS) is 11.6. The van der Waals surface area contributed by atoms with Gasteiger partial charge < -0.3 is 20.6 Å². The highest BCUT2D eigenvalue weighted by Crippen LogP contribution is 2.26. The van der Waals surface area contributed by atoms with Crippen molar-refractivity contribution < 1.29 is 9.94 Å². The van der Waals surface area contributed by atoms with Crippen LogP contribution in [0.3, 0.4) is 0 Å². The number of benzene rings is 1. The van der Waals surface area contributed by atoms with Gasteiger partial charge in [0.25, 0.3) is 0 Å². The number of oxime groups is 1. The summed E-state index contributed by atoms with van der Waals surface area (Å²) in [5, 5.41) is 12.2. The third kappa shape index (κ3) is 4.29. The number of rotatable bonds is 7. The molecule has 0 atom stereocenters. The molecule has 0 amide bonds. The quantitative estimate of drug-likeness (QED) is 0.265. The van der Waals surface area contributed by atoms with Crippen molar-refractivity contribution >= 4 is 23.1 Å². The zero-order valence-electron chi connectivity index (χ0n) is 11.3.